The molecule has 0 amide bonds. The molecule has 100 valence electrons. The van der Waals surface area contributed by atoms with E-state index < -0.39 is 0 Å². The Morgan fingerprint density at radius 1 is 1.10 bits per heavy atom. The van der Waals surface area contributed by atoms with E-state index in [0.29, 0.717) is 5.88 Å². The van der Waals surface area contributed by atoms with Crippen LogP contribution in [0.5, 0.6) is 11.5 Å². The lowest BCUT2D eigenvalue weighted by Gasteiger charge is -2.10. The summed E-state index contributed by atoms with van der Waals surface area (Å²) in [7, 11) is 0. The summed E-state index contributed by atoms with van der Waals surface area (Å²) in [6.07, 6.45) is 1.77. The first-order chi connectivity index (χ1) is 9.78. The summed E-state index contributed by atoms with van der Waals surface area (Å²) in [5.74, 6) is 2.08. The number of hydrogen-bond acceptors (Lipinski definition) is 2. The number of alkyl halides is 1. The summed E-state index contributed by atoms with van der Waals surface area (Å²) in [6.45, 7) is 2.03. The van der Waals surface area contributed by atoms with Crippen LogP contribution in [0, 0.1) is 6.92 Å². The summed E-state index contributed by atoms with van der Waals surface area (Å²) in [6, 6.07) is 15.8. The smallest absolute Gasteiger partial charge is 0.153 e. The molecule has 3 rings (SSSR count). The standard InChI is InChI=1S/C17H14ClNO/c1-12-10-15(8-7-14(12)11-18)20-16-6-2-4-13-5-3-9-19-17(13)16/h2-10H,11H2,1H3. The van der Waals surface area contributed by atoms with Gasteiger partial charge in [0.15, 0.2) is 5.75 Å². The van der Waals surface area contributed by atoms with Crippen molar-refractivity contribution in [2.75, 3.05) is 0 Å². The van der Waals surface area contributed by atoms with Crippen molar-refractivity contribution < 1.29 is 4.74 Å². The van der Waals surface area contributed by atoms with Crippen LogP contribution in [-0.4, -0.2) is 4.98 Å². The van der Waals surface area contributed by atoms with E-state index in [1.807, 2.05) is 55.5 Å². The number of hydrogen-bond donors (Lipinski definition) is 0. The van der Waals surface area contributed by atoms with Crippen molar-refractivity contribution in [3.63, 3.8) is 0 Å². The molecule has 0 atom stereocenters. The molecule has 2 aromatic carbocycles. The number of fused-ring (bicyclic) bond motifs is 1. The van der Waals surface area contributed by atoms with Crippen LogP contribution in [0.4, 0.5) is 0 Å². The van der Waals surface area contributed by atoms with E-state index in [0.717, 1.165) is 33.5 Å². The average Bonchev–Trinajstić information content (AvgIpc) is 2.48. The van der Waals surface area contributed by atoms with Gasteiger partial charge in [-0.3, -0.25) is 4.98 Å². The van der Waals surface area contributed by atoms with Gasteiger partial charge in [0.2, 0.25) is 0 Å². The second kappa shape index (κ2) is 5.51. The molecule has 0 aliphatic heterocycles. The molecule has 3 aromatic rings. The molecule has 1 heterocycles. The molecule has 1 aromatic heterocycles. The lowest BCUT2D eigenvalue weighted by Crippen LogP contribution is -1.90. The molecular weight excluding hydrogens is 270 g/mol. The molecule has 20 heavy (non-hydrogen) atoms. The van der Waals surface area contributed by atoms with Gasteiger partial charge >= 0.3 is 0 Å². The summed E-state index contributed by atoms with van der Waals surface area (Å²) >= 11 is 5.87. The SMILES string of the molecule is Cc1cc(Oc2cccc3cccnc23)ccc1CCl. The molecule has 0 saturated heterocycles. The van der Waals surface area contributed by atoms with E-state index in [9.17, 15) is 0 Å². The van der Waals surface area contributed by atoms with Crippen LogP contribution in [0.3, 0.4) is 0 Å². The van der Waals surface area contributed by atoms with E-state index in [2.05, 4.69) is 4.98 Å². The number of ether oxygens (including phenoxy) is 1. The van der Waals surface area contributed by atoms with E-state index in [1.54, 1.807) is 6.20 Å². The molecule has 0 N–H and O–H groups in total. The number of aromatic nitrogens is 1. The number of para-hydroxylation sites is 1. The molecule has 0 aliphatic carbocycles. The van der Waals surface area contributed by atoms with Crippen molar-refractivity contribution in [3.8, 4) is 11.5 Å². The minimum Gasteiger partial charge on any atom is -0.455 e. The van der Waals surface area contributed by atoms with Crippen LogP contribution in [0.15, 0.2) is 54.7 Å². The van der Waals surface area contributed by atoms with Gasteiger partial charge in [0.25, 0.3) is 0 Å². The third kappa shape index (κ3) is 2.47. The maximum Gasteiger partial charge on any atom is 0.153 e. The summed E-state index contributed by atoms with van der Waals surface area (Å²) in [5, 5.41) is 1.07. The third-order valence-electron chi connectivity index (χ3n) is 3.28. The van der Waals surface area contributed by atoms with Crippen LogP contribution in [0.1, 0.15) is 11.1 Å². The number of pyridine rings is 1. The van der Waals surface area contributed by atoms with Gasteiger partial charge in [-0.05, 0) is 42.3 Å². The van der Waals surface area contributed by atoms with E-state index >= 15 is 0 Å². The fourth-order valence-electron chi connectivity index (χ4n) is 2.17. The Morgan fingerprint density at radius 2 is 1.95 bits per heavy atom. The number of nitrogens with zero attached hydrogens (tertiary/aromatic N) is 1. The van der Waals surface area contributed by atoms with E-state index in [4.69, 9.17) is 16.3 Å². The van der Waals surface area contributed by atoms with Crippen molar-refractivity contribution in [3.05, 3.63) is 65.9 Å². The van der Waals surface area contributed by atoms with Crippen molar-refractivity contribution in [1.82, 2.24) is 4.98 Å². The Balaban J connectivity index is 1.99. The molecule has 0 unspecified atom stereocenters. The minimum atomic E-state index is 0.516. The minimum absolute atomic E-state index is 0.516. The maximum absolute atomic E-state index is 5.97. The second-order valence-corrected chi connectivity index (χ2v) is 4.92. The lowest BCUT2D eigenvalue weighted by atomic mass is 10.1. The number of aryl methyl sites for hydroxylation is 1. The topological polar surface area (TPSA) is 22.1 Å². The predicted octanol–water partition coefficient (Wildman–Crippen LogP) is 5.07. The zero-order valence-electron chi connectivity index (χ0n) is 11.1. The van der Waals surface area contributed by atoms with Crippen LogP contribution in [-0.2, 0) is 5.88 Å². The molecular formula is C17H14ClNO. The van der Waals surface area contributed by atoms with E-state index in [-0.39, 0.29) is 0 Å². The van der Waals surface area contributed by atoms with Crippen molar-refractivity contribution in [2.24, 2.45) is 0 Å². The lowest BCUT2D eigenvalue weighted by molar-refractivity contribution is 0.486. The van der Waals surface area contributed by atoms with Gasteiger partial charge in [-0.15, -0.1) is 11.6 Å². The zero-order valence-corrected chi connectivity index (χ0v) is 11.9. The predicted molar refractivity (Wildman–Crippen MR) is 82.6 cm³/mol. The summed E-state index contributed by atoms with van der Waals surface area (Å²) < 4.78 is 5.97. The molecule has 0 aliphatic rings. The van der Waals surface area contributed by atoms with Gasteiger partial charge in [-0.1, -0.05) is 24.3 Å². The van der Waals surface area contributed by atoms with Gasteiger partial charge in [-0.25, -0.2) is 0 Å². The number of halogens is 1. The number of rotatable bonds is 3. The Morgan fingerprint density at radius 3 is 2.75 bits per heavy atom. The quantitative estimate of drug-likeness (QED) is 0.626. The normalized spacial score (nSPS) is 10.7. The van der Waals surface area contributed by atoms with E-state index in [1.165, 1.54) is 0 Å². The highest BCUT2D eigenvalue weighted by molar-refractivity contribution is 6.17. The van der Waals surface area contributed by atoms with Gasteiger partial charge in [0.05, 0.1) is 0 Å². The third-order valence-corrected chi connectivity index (χ3v) is 3.57. The molecule has 0 bridgehead atoms. The Kier molecular flexibility index (Phi) is 3.57. The molecule has 0 spiro atoms. The molecule has 0 saturated carbocycles. The maximum atomic E-state index is 5.97. The van der Waals surface area contributed by atoms with Crippen LogP contribution >= 0.6 is 11.6 Å². The van der Waals surface area contributed by atoms with Gasteiger partial charge in [0.1, 0.15) is 11.3 Å². The van der Waals surface area contributed by atoms with Crippen LogP contribution in [0.2, 0.25) is 0 Å². The Labute approximate surface area is 123 Å². The largest absolute Gasteiger partial charge is 0.455 e. The van der Waals surface area contributed by atoms with Crippen molar-refractivity contribution in [1.29, 1.82) is 0 Å². The molecule has 2 nitrogen and oxygen atoms in total. The highest BCUT2D eigenvalue weighted by Crippen LogP contribution is 2.29. The average molecular weight is 284 g/mol. The fraction of sp³-hybridized carbons (Fsp3) is 0.118. The molecule has 0 fully saturated rings. The Hall–Kier alpha value is -2.06. The molecule has 0 radical (unpaired) electrons. The Bertz CT molecular complexity index is 750. The van der Waals surface area contributed by atoms with Crippen molar-refractivity contribution >= 4 is 22.5 Å². The molecule has 3 heteroatoms. The first-order valence-electron chi connectivity index (χ1n) is 6.45. The van der Waals surface area contributed by atoms with Crippen molar-refractivity contribution in [2.45, 2.75) is 12.8 Å². The van der Waals surface area contributed by atoms with Gasteiger partial charge < -0.3 is 4.74 Å². The zero-order chi connectivity index (χ0) is 13.9. The fourth-order valence-corrected chi connectivity index (χ4v) is 2.47. The first kappa shape index (κ1) is 12.9. The highest BCUT2D eigenvalue weighted by Gasteiger charge is 2.05. The summed E-state index contributed by atoms with van der Waals surface area (Å²) in [4.78, 5) is 4.39. The van der Waals surface area contributed by atoms with Crippen LogP contribution in [0.25, 0.3) is 10.9 Å². The highest BCUT2D eigenvalue weighted by atomic mass is 35.5. The summed E-state index contributed by atoms with van der Waals surface area (Å²) in [5.41, 5.74) is 3.12. The first-order valence-corrected chi connectivity index (χ1v) is 6.98. The van der Waals surface area contributed by atoms with Gasteiger partial charge in [-0.2, -0.15) is 0 Å². The van der Waals surface area contributed by atoms with Gasteiger partial charge in [0, 0.05) is 17.5 Å². The number of benzene rings is 2. The monoisotopic (exact) mass is 283 g/mol. The second-order valence-electron chi connectivity index (χ2n) is 4.66. The van der Waals surface area contributed by atoms with Crippen LogP contribution < -0.4 is 4.74 Å².